The van der Waals surface area contributed by atoms with Crippen LogP contribution in [0, 0.1) is 0 Å². The van der Waals surface area contributed by atoms with E-state index in [4.69, 9.17) is 5.10 Å². The Morgan fingerprint density at radius 2 is 1.83 bits per heavy atom. The largest absolute Gasteiger partial charge is 0.275 e. The Hall–Kier alpha value is -3.02. The summed E-state index contributed by atoms with van der Waals surface area (Å²) in [5.41, 5.74) is 3.27. The Kier molecular flexibility index (Phi) is 3.34. The summed E-state index contributed by atoms with van der Waals surface area (Å²) >= 11 is 0. The van der Waals surface area contributed by atoms with Gasteiger partial charge in [-0.1, -0.05) is 30.3 Å². The van der Waals surface area contributed by atoms with Gasteiger partial charge in [0.05, 0.1) is 18.0 Å². The van der Waals surface area contributed by atoms with Gasteiger partial charge in [-0.2, -0.15) is 10.2 Å². The van der Waals surface area contributed by atoms with E-state index in [2.05, 4.69) is 27.2 Å². The van der Waals surface area contributed by atoms with Gasteiger partial charge in [0.2, 0.25) is 5.95 Å². The summed E-state index contributed by atoms with van der Waals surface area (Å²) in [5.74, 6) is 0.604. The summed E-state index contributed by atoms with van der Waals surface area (Å²) in [6.07, 6.45) is 8.17. The van der Waals surface area contributed by atoms with E-state index in [0.29, 0.717) is 5.95 Å². The smallest absolute Gasteiger partial charge is 0.246 e. The van der Waals surface area contributed by atoms with Crippen molar-refractivity contribution in [2.45, 2.75) is 12.5 Å². The number of aromatic nitrogens is 4. The summed E-state index contributed by atoms with van der Waals surface area (Å²) in [6.45, 7) is 0. The number of benzene rings is 1. The average molecular weight is 304 g/mol. The molecule has 1 aromatic carbocycles. The topological polar surface area (TPSA) is 59.2 Å². The number of rotatable bonds is 3. The van der Waals surface area contributed by atoms with Crippen molar-refractivity contribution in [3.63, 3.8) is 0 Å². The van der Waals surface area contributed by atoms with Crippen LogP contribution in [-0.2, 0) is 7.05 Å². The highest BCUT2D eigenvalue weighted by atomic mass is 15.5. The molecule has 3 aromatic rings. The molecular weight excluding hydrogens is 288 g/mol. The Labute approximate surface area is 134 Å². The molecule has 1 atom stereocenters. The summed E-state index contributed by atoms with van der Waals surface area (Å²) in [6, 6.07) is 12.1. The first-order valence-corrected chi connectivity index (χ1v) is 7.49. The molecule has 114 valence electrons. The van der Waals surface area contributed by atoms with Crippen molar-refractivity contribution in [3.8, 4) is 0 Å². The van der Waals surface area contributed by atoms with Gasteiger partial charge in [0, 0.05) is 37.6 Å². The van der Waals surface area contributed by atoms with Crippen molar-refractivity contribution in [1.82, 2.24) is 19.7 Å². The van der Waals surface area contributed by atoms with Crippen LogP contribution in [0.5, 0.6) is 0 Å². The number of anilines is 1. The number of nitrogens with zero attached hydrogens (tertiary/aromatic N) is 6. The molecule has 0 aliphatic carbocycles. The number of hydrogen-bond acceptors (Lipinski definition) is 5. The number of aryl methyl sites for hydroxylation is 1. The minimum Gasteiger partial charge on any atom is -0.275 e. The zero-order chi connectivity index (χ0) is 15.6. The molecule has 6 heteroatoms. The van der Waals surface area contributed by atoms with E-state index in [0.717, 1.165) is 23.3 Å². The van der Waals surface area contributed by atoms with Gasteiger partial charge in [-0.15, -0.1) is 0 Å². The van der Waals surface area contributed by atoms with Gasteiger partial charge in [-0.05, 0) is 11.6 Å². The zero-order valence-corrected chi connectivity index (χ0v) is 12.7. The van der Waals surface area contributed by atoms with Crippen molar-refractivity contribution in [3.05, 3.63) is 72.3 Å². The maximum atomic E-state index is 4.78. The fourth-order valence-corrected chi connectivity index (χ4v) is 2.78. The van der Waals surface area contributed by atoms with E-state index in [-0.39, 0.29) is 6.04 Å². The third-order valence-electron chi connectivity index (χ3n) is 3.88. The summed E-state index contributed by atoms with van der Waals surface area (Å²) in [4.78, 5) is 8.70. The predicted molar refractivity (Wildman–Crippen MR) is 88.1 cm³/mol. The Morgan fingerprint density at radius 1 is 1.04 bits per heavy atom. The first-order chi connectivity index (χ1) is 11.3. The summed E-state index contributed by atoms with van der Waals surface area (Å²) < 4.78 is 1.81. The molecule has 1 aliphatic heterocycles. The monoisotopic (exact) mass is 304 g/mol. The van der Waals surface area contributed by atoms with Gasteiger partial charge in [-0.3, -0.25) is 4.68 Å². The second-order valence-corrected chi connectivity index (χ2v) is 5.47. The predicted octanol–water partition coefficient (Wildman–Crippen LogP) is 2.57. The fourth-order valence-electron chi connectivity index (χ4n) is 2.78. The van der Waals surface area contributed by atoms with Crippen molar-refractivity contribution >= 4 is 11.7 Å². The van der Waals surface area contributed by atoms with Gasteiger partial charge in [-0.25, -0.2) is 15.0 Å². The Balaban J connectivity index is 1.75. The standard InChI is InChI=1S/C17H16N6/c1-22-12-14(11-20-22)16-10-15(13-6-3-2-4-7-13)21-23(16)17-18-8-5-9-19-17/h2-9,11-12,16H,10H2,1H3/t16-/m0/s1. The fraction of sp³-hybridized carbons (Fsp3) is 0.176. The molecule has 0 spiro atoms. The lowest BCUT2D eigenvalue weighted by atomic mass is 10.0. The lowest BCUT2D eigenvalue weighted by Crippen LogP contribution is -2.20. The highest BCUT2D eigenvalue weighted by molar-refractivity contribution is 6.03. The van der Waals surface area contributed by atoms with Gasteiger partial charge in [0.1, 0.15) is 0 Å². The third kappa shape index (κ3) is 2.59. The molecule has 0 fully saturated rings. The first-order valence-electron chi connectivity index (χ1n) is 7.49. The molecule has 0 N–H and O–H groups in total. The van der Waals surface area contributed by atoms with Gasteiger partial charge >= 0.3 is 0 Å². The molecule has 4 rings (SSSR count). The highest BCUT2D eigenvalue weighted by Gasteiger charge is 2.32. The molecule has 0 unspecified atom stereocenters. The van der Waals surface area contributed by atoms with Crippen LogP contribution in [0.4, 0.5) is 5.95 Å². The normalized spacial score (nSPS) is 17.3. The maximum absolute atomic E-state index is 4.78. The second-order valence-electron chi connectivity index (χ2n) is 5.47. The molecule has 2 aromatic heterocycles. The number of hydrazone groups is 1. The van der Waals surface area contributed by atoms with Crippen LogP contribution >= 0.6 is 0 Å². The first kappa shape index (κ1) is 13.6. The van der Waals surface area contributed by atoms with Crippen LogP contribution < -0.4 is 5.01 Å². The van der Waals surface area contributed by atoms with Crippen LogP contribution in [0.15, 0.2) is 66.3 Å². The molecule has 23 heavy (non-hydrogen) atoms. The van der Waals surface area contributed by atoms with Crippen molar-refractivity contribution in [1.29, 1.82) is 0 Å². The van der Waals surface area contributed by atoms with Gasteiger partial charge < -0.3 is 0 Å². The second kappa shape index (κ2) is 5.64. The van der Waals surface area contributed by atoms with Crippen molar-refractivity contribution in [2.24, 2.45) is 12.1 Å². The quantitative estimate of drug-likeness (QED) is 0.746. The average Bonchev–Trinajstić information content (AvgIpc) is 3.23. The molecule has 0 amide bonds. The molecule has 1 aliphatic rings. The summed E-state index contributed by atoms with van der Waals surface area (Å²) in [7, 11) is 1.92. The molecule has 0 bridgehead atoms. The van der Waals surface area contributed by atoms with Crippen LogP contribution in [0.25, 0.3) is 0 Å². The van der Waals surface area contributed by atoms with Crippen LogP contribution in [0.1, 0.15) is 23.6 Å². The molecule has 3 heterocycles. The Bertz CT molecular complexity index is 825. The lowest BCUT2D eigenvalue weighted by molar-refractivity contribution is 0.684. The van der Waals surface area contributed by atoms with Crippen molar-refractivity contribution < 1.29 is 0 Å². The van der Waals surface area contributed by atoms with E-state index in [1.54, 1.807) is 23.1 Å². The lowest BCUT2D eigenvalue weighted by Gasteiger charge is -2.19. The van der Waals surface area contributed by atoms with E-state index in [1.165, 1.54) is 0 Å². The van der Waals surface area contributed by atoms with E-state index >= 15 is 0 Å². The molecule has 6 nitrogen and oxygen atoms in total. The van der Waals surface area contributed by atoms with E-state index in [9.17, 15) is 0 Å². The van der Waals surface area contributed by atoms with E-state index in [1.807, 2.05) is 42.6 Å². The Morgan fingerprint density at radius 3 is 2.52 bits per heavy atom. The van der Waals surface area contributed by atoms with Crippen molar-refractivity contribution in [2.75, 3.05) is 5.01 Å². The minimum absolute atomic E-state index is 0.0568. The van der Waals surface area contributed by atoms with Crippen LogP contribution in [0.2, 0.25) is 0 Å². The van der Waals surface area contributed by atoms with Crippen LogP contribution in [-0.4, -0.2) is 25.5 Å². The molecule has 0 saturated heterocycles. The van der Waals surface area contributed by atoms with Gasteiger partial charge in [0.15, 0.2) is 0 Å². The SMILES string of the molecule is Cn1cc([C@@H]2CC(c3ccccc3)=NN2c2ncccn2)cn1. The maximum Gasteiger partial charge on any atom is 0.246 e. The van der Waals surface area contributed by atoms with E-state index < -0.39 is 0 Å². The minimum atomic E-state index is 0.0568. The van der Waals surface area contributed by atoms with Crippen LogP contribution in [0.3, 0.4) is 0 Å². The highest BCUT2D eigenvalue weighted by Crippen LogP contribution is 2.34. The molecule has 0 radical (unpaired) electrons. The molecule has 0 saturated carbocycles. The third-order valence-corrected chi connectivity index (χ3v) is 3.88. The summed E-state index contributed by atoms with van der Waals surface area (Å²) in [5, 5.41) is 11.0. The zero-order valence-electron chi connectivity index (χ0n) is 12.7. The van der Waals surface area contributed by atoms with Gasteiger partial charge in [0.25, 0.3) is 0 Å². The molecular formula is C17H16N6. The number of hydrogen-bond donors (Lipinski definition) is 0.